The summed E-state index contributed by atoms with van der Waals surface area (Å²) < 4.78 is 1.00. The molecular formula is C13H20BrN3O. The van der Waals surface area contributed by atoms with Gasteiger partial charge in [0.05, 0.1) is 12.2 Å². The molecule has 0 aliphatic rings. The van der Waals surface area contributed by atoms with Crippen molar-refractivity contribution in [2.24, 2.45) is 0 Å². The summed E-state index contributed by atoms with van der Waals surface area (Å²) in [5.41, 5.74) is 2.24. The third kappa shape index (κ3) is 4.31. The normalized spacial score (nSPS) is 10.2. The van der Waals surface area contributed by atoms with Crippen LogP contribution in [0.2, 0.25) is 0 Å². The number of carbonyl (C=O) groups excluding carboxylic acids is 1. The van der Waals surface area contributed by atoms with Crippen molar-refractivity contribution in [3.05, 3.63) is 28.2 Å². The highest BCUT2D eigenvalue weighted by Crippen LogP contribution is 2.26. The van der Waals surface area contributed by atoms with Gasteiger partial charge < -0.3 is 15.5 Å². The number of nitrogens with one attached hydrogen (secondary N) is 2. The van der Waals surface area contributed by atoms with Gasteiger partial charge in [0.1, 0.15) is 0 Å². The van der Waals surface area contributed by atoms with Gasteiger partial charge in [-0.05, 0) is 40.2 Å². The Morgan fingerprint density at radius 3 is 2.72 bits per heavy atom. The molecule has 0 fully saturated rings. The first-order chi connectivity index (χ1) is 8.58. The maximum absolute atomic E-state index is 11.3. The number of anilines is 1. The van der Waals surface area contributed by atoms with Crippen LogP contribution in [0.5, 0.6) is 0 Å². The third-order valence-electron chi connectivity index (χ3n) is 2.66. The number of likely N-dealkylation sites (N-methyl/N-ethyl adjacent to an activating group) is 2. The van der Waals surface area contributed by atoms with Gasteiger partial charge in [0, 0.05) is 25.1 Å². The van der Waals surface area contributed by atoms with Crippen LogP contribution in [0, 0.1) is 0 Å². The minimum absolute atomic E-state index is 0.00104. The Kier molecular flexibility index (Phi) is 6.15. The highest BCUT2D eigenvalue weighted by Gasteiger charge is 2.09. The smallest absolute Gasteiger partial charge is 0.239 e. The first kappa shape index (κ1) is 15.0. The average Bonchev–Trinajstić information content (AvgIpc) is 2.36. The number of nitrogens with zero attached hydrogens (tertiary/aromatic N) is 1. The molecule has 0 saturated heterocycles. The van der Waals surface area contributed by atoms with E-state index < -0.39 is 0 Å². The van der Waals surface area contributed by atoms with Crippen LogP contribution in [0.4, 0.5) is 5.69 Å². The Morgan fingerprint density at radius 2 is 2.17 bits per heavy atom. The summed E-state index contributed by atoms with van der Waals surface area (Å²) in [6, 6.07) is 6.18. The van der Waals surface area contributed by atoms with Crippen molar-refractivity contribution in [1.29, 1.82) is 0 Å². The first-order valence-electron chi connectivity index (χ1n) is 5.99. The van der Waals surface area contributed by atoms with Crippen LogP contribution in [-0.4, -0.2) is 33.1 Å². The van der Waals surface area contributed by atoms with Crippen LogP contribution in [0.15, 0.2) is 22.7 Å². The zero-order chi connectivity index (χ0) is 13.5. The summed E-state index contributed by atoms with van der Waals surface area (Å²) >= 11 is 3.55. The van der Waals surface area contributed by atoms with Crippen molar-refractivity contribution < 1.29 is 4.79 Å². The molecule has 0 aliphatic heterocycles. The predicted molar refractivity (Wildman–Crippen MR) is 78.9 cm³/mol. The summed E-state index contributed by atoms with van der Waals surface area (Å²) in [5, 5.41) is 5.90. The molecule has 0 spiro atoms. The number of rotatable bonds is 6. The highest BCUT2D eigenvalue weighted by atomic mass is 79.9. The molecule has 0 saturated carbocycles. The molecule has 0 bridgehead atoms. The molecule has 0 heterocycles. The molecular weight excluding hydrogens is 294 g/mol. The second-order valence-corrected chi connectivity index (χ2v) is 4.95. The van der Waals surface area contributed by atoms with E-state index in [1.165, 1.54) is 5.56 Å². The second-order valence-electron chi connectivity index (χ2n) is 4.10. The van der Waals surface area contributed by atoms with Gasteiger partial charge in [-0.3, -0.25) is 4.79 Å². The summed E-state index contributed by atoms with van der Waals surface area (Å²) in [6.07, 6.45) is 0. The van der Waals surface area contributed by atoms with Crippen molar-refractivity contribution in [1.82, 2.24) is 10.6 Å². The number of benzene rings is 1. The fraction of sp³-hybridized carbons (Fsp3) is 0.462. The maximum atomic E-state index is 11.3. The average molecular weight is 314 g/mol. The van der Waals surface area contributed by atoms with Gasteiger partial charge in [-0.15, -0.1) is 0 Å². The quantitative estimate of drug-likeness (QED) is 0.841. The fourth-order valence-corrected chi connectivity index (χ4v) is 2.35. The molecule has 0 atom stereocenters. The Hall–Kier alpha value is -1.07. The van der Waals surface area contributed by atoms with Crippen molar-refractivity contribution in [3.8, 4) is 0 Å². The van der Waals surface area contributed by atoms with Crippen LogP contribution >= 0.6 is 15.9 Å². The summed E-state index contributed by atoms with van der Waals surface area (Å²) in [6.45, 7) is 4.24. The lowest BCUT2D eigenvalue weighted by Gasteiger charge is -2.20. The van der Waals surface area contributed by atoms with Gasteiger partial charge in [-0.25, -0.2) is 0 Å². The van der Waals surface area contributed by atoms with Crippen LogP contribution < -0.4 is 15.5 Å². The standard InChI is InChI=1S/C13H20BrN3O/c1-4-16-8-10-5-6-12(11(14)7-10)17(3)9-13(18)15-2/h5-7,16H,4,8-9H2,1-3H3,(H,15,18). The lowest BCUT2D eigenvalue weighted by atomic mass is 10.2. The molecule has 0 unspecified atom stereocenters. The predicted octanol–water partition coefficient (Wildman–Crippen LogP) is 1.74. The van der Waals surface area contributed by atoms with Crippen molar-refractivity contribution in [2.45, 2.75) is 13.5 Å². The maximum Gasteiger partial charge on any atom is 0.239 e. The van der Waals surface area contributed by atoms with Gasteiger partial charge in [0.2, 0.25) is 5.91 Å². The lowest BCUT2D eigenvalue weighted by Crippen LogP contribution is -2.33. The summed E-state index contributed by atoms with van der Waals surface area (Å²) in [7, 11) is 3.55. The molecule has 2 N–H and O–H groups in total. The minimum Gasteiger partial charge on any atom is -0.364 e. The Balaban J connectivity index is 2.75. The molecule has 18 heavy (non-hydrogen) atoms. The van der Waals surface area contributed by atoms with E-state index in [2.05, 4.69) is 45.6 Å². The topological polar surface area (TPSA) is 44.4 Å². The molecule has 0 radical (unpaired) electrons. The number of hydrogen-bond donors (Lipinski definition) is 2. The molecule has 4 nitrogen and oxygen atoms in total. The van der Waals surface area contributed by atoms with E-state index in [1.807, 2.05) is 18.0 Å². The van der Waals surface area contributed by atoms with Gasteiger partial charge in [-0.1, -0.05) is 13.0 Å². The SMILES string of the molecule is CCNCc1ccc(N(C)CC(=O)NC)c(Br)c1. The van der Waals surface area contributed by atoms with Crippen LogP contribution in [0.25, 0.3) is 0 Å². The van der Waals surface area contributed by atoms with E-state index in [1.54, 1.807) is 7.05 Å². The third-order valence-corrected chi connectivity index (χ3v) is 3.30. The molecule has 0 aliphatic carbocycles. The summed E-state index contributed by atoms with van der Waals surface area (Å²) in [5.74, 6) is 0.00104. The molecule has 0 aromatic heterocycles. The van der Waals surface area contributed by atoms with E-state index in [-0.39, 0.29) is 5.91 Å². The first-order valence-corrected chi connectivity index (χ1v) is 6.78. The lowest BCUT2D eigenvalue weighted by molar-refractivity contribution is -0.119. The molecule has 1 aromatic rings. The molecule has 5 heteroatoms. The van der Waals surface area contributed by atoms with Crippen LogP contribution in [-0.2, 0) is 11.3 Å². The Bertz CT molecular complexity index is 409. The minimum atomic E-state index is 0.00104. The van der Waals surface area contributed by atoms with Gasteiger partial charge in [0.15, 0.2) is 0 Å². The Labute approximate surface area is 117 Å². The largest absolute Gasteiger partial charge is 0.364 e. The van der Waals surface area contributed by atoms with Crippen molar-refractivity contribution in [2.75, 3.05) is 32.1 Å². The zero-order valence-electron chi connectivity index (χ0n) is 11.1. The Morgan fingerprint density at radius 1 is 1.44 bits per heavy atom. The summed E-state index contributed by atoms with van der Waals surface area (Å²) in [4.78, 5) is 13.3. The number of carbonyl (C=O) groups is 1. The van der Waals surface area contributed by atoms with Gasteiger partial charge in [0.25, 0.3) is 0 Å². The molecule has 100 valence electrons. The van der Waals surface area contributed by atoms with Crippen molar-refractivity contribution in [3.63, 3.8) is 0 Å². The number of amides is 1. The zero-order valence-corrected chi connectivity index (χ0v) is 12.7. The van der Waals surface area contributed by atoms with E-state index >= 15 is 0 Å². The number of hydrogen-bond acceptors (Lipinski definition) is 3. The van der Waals surface area contributed by atoms with Crippen molar-refractivity contribution >= 4 is 27.5 Å². The van der Waals surface area contributed by atoms with Crippen LogP contribution in [0.1, 0.15) is 12.5 Å². The molecule has 1 amide bonds. The molecule has 1 aromatic carbocycles. The van der Waals surface area contributed by atoms with E-state index in [9.17, 15) is 4.79 Å². The number of halogens is 1. The second kappa shape index (κ2) is 7.38. The van der Waals surface area contributed by atoms with E-state index in [0.717, 1.165) is 23.2 Å². The van der Waals surface area contributed by atoms with Crippen LogP contribution in [0.3, 0.4) is 0 Å². The monoisotopic (exact) mass is 313 g/mol. The van der Waals surface area contributed by atoms with Gasteiger partial charge >= 0.3 is 0 Å². The van der Waals surface area contributed by atoms with Gasteiger partial charge in [-0.2, -0.15) is 0 Å². The highest BCUT2D eigenvalue weighted by molar-refractivity contribution is 9.10. The van der Waals surface area contributed by atoms with E-state index in [0.29, 0.717) is 6.54 Å². The fourth-order valence-electron chi connectivity index (χ4n) is 1.62. The van der Waals surface area contributed by atoms with E-state index in [4.69, 9.17) is 0 Å². The molecule has 1 rings (SSSR count).